The van der Waals surface area contributed by atoms with Crippen molar-refractivity contribution in [2.45, 2.75) is 13.2 Å². The van der Waals surface area contributed by atoms with Gasteiger partial charge in [-0.25, -0.2) is 4.39 Å². The summed E-state index contributed by atoms with van der Waals surface area (Å²) in [5.74, 6) is 0.636. The van der Waals surface area contributed by atoms with E-state index in [0.29, 0.717) is 40.2 Å². The molecular formula is C19H23Cl2FN2O3. The van der Waals surface area contributed by atoms with E-state index in [-0.39, 0.29) is 13.2 Å². The molecule has 8 heteroatoms. The molecule has 148 valence electrons. The number of benzene rings is 2. The molecule has 0 spiro atoms. The highest BCUT2D eigenvalue weighted by Gasteiger charge is 2.12. The van der Waals surface area contributed by atoms with Crippen molar-refractivity contribution >= 4 is 23.2 Å². The number of aliphatic hydroxyl groups excluding tert-OH is 1. The van der Waals surface area contributed by atoms with Crippen molar-refractivity contribution in [3.05, 3.63) is 57.3 Å². The van der Waals surface area contributed by atoms with Crippen molar-refractivity contribution in [1.82, 2.24) is 10.6 Å². The summed E-state index contributed by atoms with van der Waals surface area (Å²) in [4.78, 5) is 0. The van der Waals surface area contributed by atoms with E-state index >= 15 is 0 Å². The van der Waals surface area contributed by atoms with Crippen LogP contribution in [0.4, 0.5) is 4.39 Å². The first kappa shape index (κ1) is 21.7. The fraction of sp³-hybridized carbons (Fsp3) is 0.368. The third-order valence-electron chi connectivity index (χ3n) is 3.81. The second kappa shape index (κ2) is 11.3. The van der Waals surface area contributed by atoms with Gasteiger partial charge in [0, 0.05) is 42.8 Å². The number of ether oxygens (including phenoxy) is 2. The number of aliphatic hydroxyl groups is 1. The van der Waals surface area contributed by atoms with Crippen LogP contribution in [-0.2, 0) is 13.2 Å². The predicted molar refractivity (Wildman–Crippen MR) is 105 cm³/mol. The summed E-state index contributed by atoms with van der Waals surface area (Å²) < 4.78 is 24.3. The largest absolute Gasteiger partial charge is 0.493 e. The Morgan fingerprint density at radius 2 is 1.70 bits per heavy atom. The van der Waals surface area contributed by atoms with Gasteiger partial charge in [0.15, 0.2) is 11.5 Å². The summed E-state index contributed by atoms with van der Waals surface area (Å²) in [5, 5.41) is 15.9. The zero-order valence-corrected chi connectivity index (χ0v) is 16.5. The minimum Gasteiger partial charge on any atom is -0.493 e. The van der Waals surface area contributed by atoms with Crippen LogP contribution in [0.2, 0.25) is 10.0 Å². The lowest BCUT2D eigenvalue weighted by Gasteiger charge is -2.15. The van der Waals surface area contributed by atoms with Gasteiger partial charge in [0.2, 0.25) is 0 Å². The Labute approximate surface area is 168 Å². The summed E-state index contributed by atoms with van der Waals surface area (Å²) in [6.07, 6.45) is 0. The maximum Gasteiger partial charge on any atom is 0.163 e. The molecule has 0 bridgehead atoms. The molecule has 0 amide bonds. The molecule has 0 fully saturated rings. The highest BCUT2D eigenvalue weighted by molar-refractivity contribution is 6.31. The Balaban J connectivity index is 1.98. The minimum atomic E-state index is -0.396. The molecule has 5 nitrogen and oxygen atoms in total. The summed E-state index contributed by atoms with van der Waals surface area (Å²) >= 11 is 12.4. The molecule has 0 aliphatic carbocycles. The van der Waals surface area contributed by atoms with Crippen molar-refractivity contribution in [3.8, 4) is 11.5 Å². The average Bonchev–Trinajstić information content (AvgIpc) is 2.65. The predicted octanol–water partition coefficient (Wildman–Crippen LogP) is 3.39. The number of hydrogen-bond acceptors (Lipinski definition) is 5. The SMILES string of the molecule is COc1cc(CNCCNCCO)c(Cl)cc1OCc1ccc(F)cc1Cl. The third-order valence-corrected chi connectivity index (χ3v) is 4.52. The van der Waals surface area contributed by atoms with Crippen LogP contribution < -0.4 is 20.1 Å². The molecular weight excluding hydrogens is 394 g/mol. The third kappa shape index (κ3) is 6.83. The van der Waals surface area contributed by atoms with Crippen LogP contribution in [0.3, 0.4) is 0 Å². The van der Waals surface area contributed by atoms with Crippen LogP contribution in [0, 0.1) is 5.82 Å². The molecule has 2 aromatic carbocycles. The van der Waals surface area contributed by atoms with E-state index in [9.17, 15) is 4.39 Å². The molecule has 2 aromatic rings. The van der Waals surface area contributed by atoms with Gasteiger partial charge in [-0.3, -0.25) is 0 Å². The normalized spacial score (nSPS) is 10.9. The van der Waals surface area contributed by atoms with Crippen LogP contribution in [0.1, 0.15) is 11.1 Å². The van der Waals surface area contributed by atoms with Gasteiger partial charge in [-0.05, 0) is 23.8 Å². The molecule has 0 radical (unpaired) electrons. The fourth-order valence-electron chi connectivity index (χ4n) is 2.38. The highest BCUT2D eigenvalue weighted by Crippen LogP contribution is 2.34. The van der Waals surface area contributed by atoms with Crippen molar-refractivity contribution in [2.24, 2.45) is 0 Å². The minimum absolute atomic E-state index is 0.119. The van der Waals surface area contributed by atoms with Crippen molar-refractivity contribution < 1.29 is 19.0 Å². The Hall–Kier alpha value is -1.57. The Morgan fingerprint density at radius 3 is 2.41 bits per heavy atom. The zero-order chi connectivity index (χ0) is 19.6. The van der Waals surface area contributed by atoms with Gasteiger partial charge in [0.25, 0.3) is 0 Å². The molecule has 2 rings (SSSR count). The maximum absolute atomic E-state index is 13.1. The Morgan fingerprint density at radius 1 is 0.963 bits per heavy atom. The van der Waals surface area contributed by atoms with E-state index in [1.165, 1.54) is 12.1 Å². The molecule has 0 heterocycles. The number of methoxy groups -OCH3 is 1. The van der Waals surface area contributed by atoms with E-state index in [1.54, 1.807) is 19.2 Å². The Bertz CT molecular complexity index is 747. The molecule has 0 atom stereocenters. The quantitative estimate of drug-likeness (QED) is 0.490. The fourth-order valence-corrected chi connectivity index (χ4v) is 2.83. The van der Waals surface area contributed by atoms with Gasteiger partial charge < -0.3 is 25.2 Å². The summed E-state index contributed by atoms with van der Waals surface area (Å²) in [5.41, 5.74) is 1.54. The van der Waals surface area contributed by atoms with E-state index in [1.807, 2.05) is 6.07 Å². The lowest BCUT2D eigenvalue weighted by molar-refractivity contribution is 0.284. The molecule has 0 saturated heterocycles. The van der Waals surface area contributed by atoms with Gasteiger partial charge in [0.1, 0.15) is 12.4 Å². The number of rotatable bonds is 11. The van der Waals surface area contributed by atoms with E-state index in [0.717, 1.165) is 18.7 Å². The van der Waals surface area contributed by atoms with Crippen LogP contribution in [0.15, 0.2) is 30.3 Å². The summed E-state index contributed by atoms with van der Waals surface area (Å²) in [6, 6.07) is 7.67. The smallest absolute Gasteiger partial charge is 0.163 e. The monoisotopic (exact) mass is 416 g/mol. The second-order valence-electron chi connectivity index (χ2n) is 5.77. The topological polar surface area (TPSA) is 62.8 Å². The lowest BCUT2D eigenvalue weighted by atomic mass is 10.2. The van der Waals surface area contributed by atoms with E-state index in [4.69, 9.17) is 37.8 Å². The number of nitrogens with one attached hydrogen (secondary N) is 2. The first-order valence-corrected chi connectivity index (χ1v) is 9.26. The van der Waals surface area contributed by atoms with Crippen LogP contribution >= 0.6 is 23.2 Å². The second-order valence-corrected chi connectivity index (χ2v) is 6.58. The molecule has 0 saturated carbocycles. The average molecular weight is 417 g/mol. The standard InChI is InChI=1S/C19H23Cl2FN2O3/c1-26-18-8-14(11-24-5-4-23-6-7-25)17(21)10-19(18)27-12-13-2-3-15(22)9-16(13)20/h2-3,8-10,23-25H,4-7,11-12H2,1H3. The van der Waals surface area contributed by atoms with Crippen molar-refractivity contribution in [1.29, 1.82) is 0 Å². The first-order valence-electron chi connectivity index (χ1n) is 8.50. The van der Waals surface area contributed by atoms with Crippen molar-refractivity contribution in [2.75, 3.05) is 33.4 Å². The van der Waals surface area contributed by atoms with Gasteiger partial charge >= 0.3 is 0 Å². The molecule has 0 aliphatic rings. The molecule has 0 aromatic heterocycles. The molecule has 0 aliphatic heterocycles. The molecule has 3 N–H and O–H groups in total. The lowest BCUT2D eigenvalue weighted by Crippen LogP contribution is -2.28. The van der Waals surface area contributed by atoms with E-state index < -0.39 is 5.82 Å². The molecule has 27 heavy (non-hydrogen) atoms. The summed E-state index contributed by atoms with van der Waals surface area (Å²) in [7, 11) is 1.55. The van der Waals surface area contributed by atoms with Crippen LogP contribution in [-0.4, -0.2) is 38.5 Å². The maximum atomic E-state index is 13.1. The van der Waals surface area contributed by atoms with Gasteiger partial charge in [-0.15, -0.1) is 0 Å². The highest BCUT2D eigenvalue weighted by atomic mass is 35.5. The van der Waals surface area contributed by atoms with E-state index in [2.05, 4.69) is 10.6 Å². The van der Waals surface area contributed by atoms with Gasteiger partial charge in [-0.2, -0.15) is 0 Å². The van der Waals surface area contributed by atoms with Gasteiger partial charge in [0.05, 0.1) is 18.7 Å². The van der Waals surface area contributed by atoms with Gasteiger partial charge in [-0.1, -0.05) is 29.3 Å². The van der Waals surface area contributed by atoms with Crippen LogP contribution in [0.5, 0.6) is 11.5 Å². The van der Waals surface area contributed by atoms with Crippen molar-refractivity contribution in [3.63, 3.8) is 0 Å². The zero-order valence-electron chi connectivity index (χ0n) is 15.0. The Kier molecular flexibility index (Phi) is 9.10. The molecule has 0 unspecified atom stereocenters. The summed E-state index contributed by atoms with van der Waals surface area (Å²) in [6.45, 7) is 2.91. The number of hydrogen-bond donors (Lipinski definition) is 3. The van der Waals surface area contributed by atoms with Crippen LogP contribution in [0.25, 0.3) is 0 Å². The number of halogens is 3. The first-order chi connectivity index (χ1) is 13.0.